The smallest absolute Gasteiger partial charge is 0.165 e. The molecule has 1 spiro atoms. The molecule has 7 nitrogen and oxygen atoms in total. The van der Waals surface area contributed by atoms with Crippen LogP contribution in [0.2, 0.25) is 0 Å². The summed E-state index contributed by atoms with van der Waals surface area (Å²) in [6.07, 6.45) is 0. The minimum atomic E-state index is -0.730. The Balaban J connectivity index is 0.940. The number of hydrogen-bond donors (Lipinski definition) is 0. The van der Waals surface area contributed by atoms with E-state index in [0.29, 0.717) is 28.6 Å². The number of hydrogen-bond acceptors (Lipinski definition) is 5. The van der Waals surface area contributed by atoms with Gasteiger partial charge in [0.2, 0.25) is 0 Å². The molecule has 0 saturated heterocycles. The van der Waals surface area contributed by atoms with Crippen LogP contribution < -0.4 is 4.90 Å². The van der Waals surface area contributed by atoms with Crippen molar-refractivity contribution in [2.45, 2.75) is 5.41 Å². The molecule has 0 unspecified atom stereocenters. The SMILES string of the molecule is N#Cc1ccc(N2c3ccccc3C3(c4ccc(-n5c6ccccc6c6ccccc65)cc4-c4cc(-n5c6ccccc6c6ccccc65)ccc43)c3ccccc32)cc1-c1nc(-c2ccccc2)nc(-c2ccccc2)n1. The molecule has 1 aliphatic carbocycles. The van der Waals surface area contributed by atoms with Crippen molar-refractivity contribution in [2.75, 3.05) is 4.90 Å². The molecule has 0 atom stereocenters. The lowest BCUT2D eigenvalue weighted by atomic mass is 9.64. The first kappa shape index (κ1) is 43.7. The summed E-state index contributed by atoms with van der Waals surface area (Å²) in [5.74, 6) is 1.49. The van der Waals surface area contributed by atoms with Gasteiger partial charge in [-0.2, -0.15) is 5.26 Å². The lowest BCUT2D eigenvalue weighted by Crippen LogP contribution is -2.36. The maximum atomic E-state index is 10.8. The molecule has 1 aliphatic heterocycles. The molecule has 2 aliphatic rings. The van der Waals surface area contributed by atoms with E-state index in [-0.39, 0.29) is 0 Å². The zero-order chi connectivity index (χ0) is 51.5. The summed E-state index contributed by atoms with van der Waals surface area (Å²) in [5, 5.41) is 15.7. The molecule has 14 aromatic rings. The van der Waals surface area contributed by atoms with E-state index in [2.05, 4.69) is 214 Å². The Morgan fingerprint density at radius 1 is 0.321 bits per heavy atom. The number of nitrogens with zero attached hydrogens (tertiary/aromatic N) is 7. The summed E-state index contributed by atoms with van der Waals surface area (Å²) >= 11 is 0. The first-order valence-corrected chi connectivity index (χ1v) is 26.3. The largest absolute Gasteiger partial charge is 0.310 e. The third-order valence-electron chi connectivity index (χ3n) is 16.2. The molecule has 362 valence electrons. The van der Waals surface area contributed by atoms with Gasteiger partial charge in [-0.05, 0) is 112 Å². The third kappa shape index (κ3) is 6.23. The zero-order valence-electron chi connectivity index (χ0n) is 42.0. The van der Waals surface area contributed by atoms with E-state index in [0.717, 1.165) is 50.7 Å². The average molecular weight is 994 g/mol. The molecule has 3 aromatic heterocycles. The number of anilines is 3. The van der Waals surface area contributed by atoms with Crippen molar-refractivity contribution in [3.8, 4) is 62.7 Å². The second kappa shape index (κ2) is 16.9. The normalized spacial score (nSPS) is 12.9. The fourth-order valence-corrected chi connectivity index (χ4v) is 13.0. The molecule has 4 heterocycles. The van der Waals surface area contributed by atoms with Crippen LogP contribution in [0.15, 0.2) is 261 Å². The van der Waals surface area contributed by atoms with E-state index >= 15 is 0 Å². The summed E-state index contributed by atoms with van der Waals surface area (Å²) in [6.45, 7) is 0. The maximum absolute atomic E-state index is 10.8. The number of rotatable bonds is 6. The minimum absolute atomic E-state index is 0.424. The van der Waals surface area contributed by atoms with Crippen LogP contribution in [-0.4, -0.2) is 24.1 Å². The van der Waals surface area contributed by atoms with Gasteiger partial charge in [-0.15, -0.1) is 0 Å². The number of aromatic nitrogens is 5. The topological polar surface area (TPSA) is 75.6 Å². The van der Waals surface area contributed by atoms with E-state index in [1.165, 1.54) is 65.9 Å². The summed E-state index contributed by atoms with van der Waals surface area (Å²) < 4.78 is 4.86. The summed E-state index contributed by atoms with van der Waals surface area (Å²) in [7, 11) is 0. The standard InChI is InChI=1S/C71H43N7/c72-44-47-35-36-48(41-55(47)70-74-68(45-19-3-1-4-20-45)73-69(75-70)46-21-5-2-6-22-46)78-66-33-17-11-27-60(66)71(61-28-12-18-34-67(61)78)58-39-37-49(76-62-29-13-7-23-51(62)52-24-8-14-30-63(52)76)42-56(58)57-43-50(38-40-59(57)71)77-64-31-15-9-25-53(64)54-26-10-16-32-65(54)77/h1-43H. The van der Waals surface area contributed by atoms with Crippen LogP contribution in [0.3, 0.4) is 0 Å². The lowest BCUT2D eigenvalue weighted by molar-refractivity contribution is 0.752. The van der Waals surface area contributed by atoms with E-state index < -0.39 is 5.41 Å². The molecule has 16 rings (SSSR count). The second-order valence-corrected chi connectivity index (χ2v) is 20.2. The predicted octanol–water partition coefficient (Wildman–Crippen LogP) is 17.1. The molecule has 7 heteroatoms. The van der Waals surface area contributed by atoms with Crippen LogP contribution in [0.4, 0.5) is 17.1 Å². The van der Waals surface area contributed by atoms with Crippen LogP contribution in [0.5, 0.6) is 0 Å². The number of nitriles is 1. The number of para-hydroxylation sites is 6. The summed E-state index contributed by atoms with van der Waals surface area (Å²) in [6, 6.07) is 95.4. The van der Waals surface area contributed by atoms with Gasteiger partial charge in [0.05, 0.1) is 50.5 Å². The Kier molecular flexibility index (Phi) is 9.48. The Labute approximate surface area is 449 Å². The molecule has 0 bridgehead atoms. The van der Waals surface area contributed by atoms with Crippen LogP contribution in [0, 0.1) is 11.3 Å². The van der Waals surface area contributed by atoms with Gasteiger partial charge in [0.1, 0.15) is 0 Å². The quantitative estimate of drug-likeness (QED) is 0.166. The lowest BCUT2D eigenvalue weighted by Gasteiger charge is -2.45. The van der Waals surface area contributed by atoms with Gasteiger partial charge < -0.3 is 14.0 Å². The van der Waals surface area contributed by atoms with E-state index in [1.54, 1.807) is 0 Å². The first-order chi connectivity index (χ1) is 38.7. The van der Waals surface area contributed by atoms with Crippen LogP contribution in [0.1, 0.15) is 27.8 Å². The van der Waals surface area contributed by atoms with Crippen LogP contribution in [-0.2, 0) is 5.41 Å². The van der Waals surface area contributed by atoms with Gasteiger partial charge in [0, 0.05) is 55.3 Å². The molecule has 78 heavy (non-hydrogen) atoms. The zero-order valence-corrected chi connectivity index (χ0v) is 42.0. The van der Waals surface area contributed by atoms with Crippen molar-refractivity contribution in [3.63, 3.8) is 0 Å². The van der Waals surface area contributed by atoms with Crippen molar-refractivity contribution in [1.29, 1.82) is 5.26 Å². The fraction of sp³-hybridized carbons (Fsp3) is 0.0141. The predicted molar refractivity (Wildman–Crippen MR) is 315 cm³/mol. The number of benzene rings is 11. The average Bonchev–Trinajstić information content (AvgIpc) is 3.84. The Hall–Kier alpha value is -10.7. The van der Waals surface area contributed by atoms with Crippen molar-refractivity contribution >= 4 is 60.7 Å². The van der Waals surface area contributed by atoms with Crippen molar-refractivity contribution in [3.05, 3.63) is 289 Å². The van der Waals surface area contributed by atoms with Gasteiger partial charge in [-0.25, -0.2) is 15.0 Å². The molecule has 11 aromatic carbocycles. The maximum Gasteiger partial charge on any atom is 0.165 e. The first-order valence-electron chi connectivity index (χ1n) is 26.3. The molecule has 0 amide bonds. The molecule has 0 fully saturated rings. The van der Waals surface area contributed by atoms with Crippen molar-refractivity contribution in [1.82, 2.24) is 24.1 Å². The van der Waals surface area contributed by atoms with Gasteiger partial charge in [-0.3, -0.25) is 0 Å². The number of fused-ring (bicyclic) bond motifs is 15. The Bertz CT molecular complexity index is 4450. The summed E-state index contributed by atoms with van der Waals surface area (Å²) in [5.41, 5.74) is 19.0. The van der Waals surface area contributed by atoms with Gasteiger partial charge in [0.25, 0.3) is 0 Å². The van der Waals surface area contributed by atoms with Crippen LogP contribution in [0.25, 0.3) is 100 Å². The second-order valence-electron chi connectivity index (χ2n) is 20.2. The van der Waals surface area contributed by atoms with Gasteiger partial charge in [-0.1, -0.05) is 182 Å². The fourth-order valence-electron chi connectivity index (χ4n) is 13.0. The highest BCUT2D eigenvalue weighted by molar-refractivity contribution is 6.11. The van der Waals surface area contributed by atoms with E-state index in [9.17, 15) is 5.26 Å². The minimum Gasteiger partial charge on any atom is -0.310 e. The third-order valence-corrected chi connectivity index (χ3v) is 16.2. The van der Waals surface area contributed by atoms with Gasteiger partial charge >= 0.3 is 0 Å². The highest BCUT2D eigenvalue weighted by Crippen LogP contribution is 2.64. The van der Waals surface area contributed by atoms with Crippen molar-refractivity contribution < 1.29 is 0 Å². The molecule has 0 N–H and O–H groups in total. The molecule has 0 radical (unpaired) electrons. The monoisotopic (exact) mass is 993 g/mol. The highest BCUT2D eigenvalue weighted by Gasteiger charge is 2.52. The van der Waals surface area contributed by atoms with Gasteiger partial charge in [0.15, 0.2) is 17.5 Å². The Morgan fingerprint density at radius 3 is 1.14 bits per heavy atom. The summed E-state index contributed by atoms with van der Waals surface area (Å²) in [4.78, 5) is 17.6. The molecular weight excluding hydrogens is 951 g/mol. The highest BCUT2D eigenvalue weighted by atomic mass is 15.2. The van der Waals surface area contributed by atoms with Crippen LogP contribution >= 0.6 is 0 Å². The Morgan fingerprint density at radius 2 is 0.692 bits per heavy atom. The van der Waals surface area contributed by atoms with Crippen molar-refractivity contribution in [2.24, 2.45) is 0 Å². The molecular formula is C71H43N7. The van der Waals surface area contributed by atoms with E-state index in [1.807, 2.05) is 66.7 Å². The van der Waals surface area contributed by atoms with E-state index in [4.69, 9.17) is 15.0 Å². The molecule has 0 saturated carbocycles.